The fraction of sp³-hybridized carbons (Fsp3) is 0.455. The Morgan fingerprint density at radius 1 is 1.29 bits per heavy atom. The minimum atomic E-state index is -3.50. The van der Waals surface area contributed by atoms with Gasteiger partial charge in [-0.15, -0.1) is 0 Å². The van der Waals surface area contributed by atoms with Crippen LogP contribution in [0.25, 0.3) is 0 Å². The molecule has 0 saturated carbocycles. The number of nitrogens with two attached hydrogens (primary N) is 1. The van der Waals surface area contributed by atoms with Crippen LogP contribution in [0, 0.1) is 13.8 Å². The topological polar surface area (TPSA) is 72.2 Å². The minimum Gasteiger partial charge on any atom is -0.397 e. The standard InChI is InChI=1S/C11H18N2O2S2/c1-8-4-5-9(2)11(10(8)12)17(14,15)13-6-7-16-3/h4-5,13H,6-7,12H2,1-3H3. The Bertz CT molecular complexity index is 498. The highest BCUT2D eigenvalue weighted by Crippen LogP contribution is 2.25. The van der Waals surface area contributed by atoms with Gasteiger partial charge in [0.15, 0.2) is 0 Å². The third kappa shape index (κ3) is 3.37. The number of sulfonamides is 1. The molecule has 0 bridgehead atoms. The van der Waals surface area contributed by atoms with Crippen LogP contribution in [0.1, 0.15) is 11.1 Å². The van der Waals surface area contributed by atoms with E-state index >= 15 is 0 Å². The maximum Gasteiger partial charge on any atom is 0.242 e. The molecule has 0 aliphatic carbocycles. The van der Waals surface area contributed by atoms with Gasteiger partial charge in [-0.25, -0.2) is 13.1 Å². The Balaban J connectivity index is 3.11. The molecule has 1 rings (SSSR count). The summed E-state index contributed by atoms with van der Waals surface area (Å²) in [6.45, 7) is 3.96. The molecule has 0 atom stereocenters. The van der Waals surface area contributed by atoms with E-state index < -0.39 is 10.0 Å². The predicted octanol–water partition coefficient (Wildman–Crippen LogP) is 1.53. The quantitative estimate of drug-likeness (QED) is 0.631. The van der Waals surface area contributed by atoms with Gasteiger partial charge in [-0.3, -0.25) is 0 Å². The smallest absolute Gasteiger partial charge is 0.242 e. The maximum absolute atomic E-state index is 12.1. The van der Waals surface area contributed by atoms with Gasteiger partial charge in [-0.1, -0.05) is 12.1 Å². The maximum atomic E-state index is 12.1. The lowest BCUT2D eigenvalue weighted by molar-refractivity contribution is 0.584. The summed E-state index contributed by atoms with van der Waals surface area (Å²) in [5, 5.41) is 0. The summed E-state index contributed by atoms with van der Waals surface area (Å²) in [5.74, 6) is 0.740. The van der Waals surface area contributed by atoms with E-state index in [-0.39, 0.29) is 4.90 Å². The Kier molecular flexibility index (Phi) is 4.85. The van der Waals surface area contributed by atoms with Crippen LogP contribution in [0.15, 0.2) is 17.0 Å². The molecule has 4 nitrogen and oxygen atoms in total. The molecule has 0 fully saturated rings. The average molecular weight is 274 g/mol. The summed E-state index contributed by atoms with van der Waals surface area (Å²) in [4.78, 5) is 0.207. The number of thioether (sulfide) groups is 1. The normalized spacial score (nSPS) is 11.7. The highest BCUT2D eigenvalue weighted by molar-refractivity contribution is 7.98. The fourth-order valence-electron chi connectivity index (χ4n) is 1.51. The number of rotatable bonds is 5. The highest BCUT2D eigenvalue weighted by atomic mass is 32.2. The Morgan fingerprint density at radius 2 is 1.88 bits per heavy atom. The van der Waals surface area contributed by atoms with E-state index in [9.17, 15) is 8.42 Å². The number of hydrogen-bond donors (Lipinski definition) is 2. The molecule has 96 valence electrons. The molecule has 0 heterocycles. The number of aryl methyl sites for hydroxylation is 2. The van der Waals surface area contributed by atoms with E-state index in [2.05, 4.69) is 4.72 Å². The van der Waals surface area contributed by atoms with Crippen LogP contribution in [-0.4, -0.2) is 27.0 Å². The van der Waals surface area contributed by atoms with E-state index in [1.807, 2.05) is 12.3 Å². The van der Waals surface area contributed by atoms with Crippen LogP contribution >= 0.6 is 11.8 Å². The molecular weight excluding hydrogens is 256 g/mol. The number of benzene rings is 1. The number of nitrogens with one attached hydrogen (secondary N) is 1. The van der Waals surface area contributed by atoms with E-state index in [1.165, 1.54) is 0 Å². The van der Waals surface area contributed by atoms with Crippen molar-refractivity contribution in [3.05, 3.63) is 23.3 Å². The lowest BCUT2D eigenvalue weighted by Crippen LogP contribution is -2.27. The average Bonchev–Trinajstić information content (AvgIpc) is 2.24. The molecule has 1 aromatic carbocycles. The lowest BCUT2D eigenvalue weighted by Gasteiger charge is -2.13. The number of anilines is 1. The zero-order valence-electron chi connectivity index (χ0n) is 10.3. The number of hydrogen-bond acceptors (Lipinski definition) is 4. The molecule has 17 heavy (non-hydrogen) atoms. The van der Waals surface area contributed by atoms with Gasteiger partial charge in [0, 0.05) is 12.3 Å². The predicted molar refractivity (Wildman–Crippen MR) is 73.9 cm³/mol. The van der Waals surface area contributed by atoms with Crippen molar-refractivity contribution in [1.29, 1.82) is 0 Å². The van der Waals surface area contributed by atoms with Crippen molar-refractivity contribution in [2.45, 2.75) is 18.7 Å². The molecule has 6 heteroatoms. The van der Waals surface area contributed by atoms with Crippen molar-refractivity contribution < 1.29 is 8.42 Å². The summed E-state index contributed by atoms with van der Waals surface area (Å²) < 4.78 is 26.8. The van der Waals surface area contributed by atoms with Crippen molar-refractivity contribution in [2.75, 3.05) is 24.3 Å². The first-order valence-electron chi connectivity index (χ1n) is 5.24. The first-order chi connectivity index (χ1) is 7.90. The molecular formula is C11H18N2O2S2. The van der Waals surface area contributed by atoms with Gasteiger partial charge in [0.05, 0.1) is 5.69 Å². The highest BCUT2D eigenvalue weighted by Gasteiger charge is 2.20. The van der Waals surface area contributed by atoms with Crippen LogP contribution in [0.3, 0.4) is 0 Å². The molecule has 0 amide bonds. The Hall–Kier alpha value is -0.720. The lowest BCUT2D eigenvalue weighted by atomic mass is 10.1. The molecule has 0 unspecified atom stereocenters. The van der Waals surface area contributed by atoms with Gasteiger partial charge in [0.1, 0.15) is 4.90 Å². The summed E-state index contributed by atoms with van der Waals surface area (Å²) >= 11 is 1.59. The van der Waals surface area contributed by atoms with Crippen molar-refractivity contribution in [3.8, 4) is 0 Å². The van der Waals surface area contributed by atoms with Crippen molar-refractivity contribution in [1.82, 2.24) is 4.72 Å². The second kappa shape index (κ2) is 5.75. The molecule has 3 N–H and O–H groups in total. The van der Waals surface area contributed by atoms with E-state index in [0.717, 1.165) is 11.3 Å². The van der Waals surface area contributed by atoms with Crippen LogP contribution in [0.4, 0.5) is 5.69 Å². The second-order valence-electron chi connectivity index (χ2n) is 3.83. The van der Waals surface area contributed by atoms with Gasteiger partial charge >= 0.3 is 0 Å². The zero-order chi connectivity index (χ0) is 13.1. The molecule has 0 spiro atoms. The molecule has 1 aromatic rings. The summed E-state index contributed by atoms with van der Waals surface area (Å²) in [5.41, 5.74) is 7.63. The van der Waals surface area contributed by atoms with Crippen molar-refractivity contribution >= 4 is 27.5 Å². The van der Waals surface area contributed by atoms with Crippen LogP contribution < -0.4 is 10.5 Å². The molecule has 0 saturated heterocycles. The Morgan fingerprint density at radius 3 is 2.47 bits per heavy atom. The van der Waals surface area contributed by atoms with E-state index in [1.54, 1.807) is 31.7 Å². The largest absolute Gasteiger partial charge is 0.397 e. The van der Waals surface area contributed by atoms with Crippen molar-refractivity contribution in [2.24, 2.45) is 0 Å². The first kappa shape index (κ1) is 14.3. The minimum absolute atomic E-state index is 0.207. The second-order valence-corrected chi connectivity index (χ2v) is 6.52. The van der Waals surface area contributed by atoms with Gasteiger partial charge in [-0.05, 0) is 31.2 Å². The molecule has 0 aliphatic heterocycles. The van der Waals surface area contributed by atoms with E-state index in [4.69, 9.17) is 5.73 Å². The summed E-state index contributed by atoms with van der Waals surface area (Å²) in [7, 11) is -3.50. The van der Waals surface area contributed by atoms with Crippen LogP contribution in [0.5, 0.6) is 0 Å². The SMILES string of the molecule is CSCCNS(=O)(=O)c1c(C)ccc(C)c1N. The van der Waals surface area contributed by atoms with Gasteiger partial charge < -0.3 is 5.73 Å². The molecule has 0 aliphatic rings. The first-order valence-corrected chi connectivity index (χ1v) is 8.12. The van der Waals surface area contributed by atoms with Gasteiger partial charge in [0.25, 0.3) is 0 Å². The van der Waals surface area contributed by atoms with Gasteiger partial charge in [0.2, 0.25) is 10.0 Å². The van der Waals surface area contributed by atoms with Crippen molar-refractivity contribution in [3.63, 3.8) is 0 Å². The fourth-order valence-corrected chi connectivity index (χ4v) is 3.41. The third-order valence-electron chi connectivity index (χ3n) is 2.48. The zero-order valence-corrected chi connectivity index (χ0v) is 11.9. The summed E-state index contributed by atoms with van der Waals surface area (Å²) in [6, 6.07) is 3.60. The monoisotopic (exact) mass is 274 g/mol. The van der Waals surface area contributed by atoms with E-state index in [0.29, 0.717) is 17.8 Å². The van der Waals surface area contributed by atoms with Crippen LogP contribution in [0.2, 0.25) is 0 Å². The molecule has 0 radical (unpaired) electrons. The third-order valence-corrected chi connectivity index (χ3v) is 4.75. The van der Waals surface area contributed by atoms with Crippen LogP contribution in [-0.2, 0) is 10.0 Å². The summed E-state index contributed by atoms with van der Waals surface area (Å²) in [6.07, 6.45) is 1.93. The molecule has 0 aromatic heterocycles. The number of nitrogen functional groups attached to an aromatic ring is 1. The Labute approximate surface area is 107 Å². The van der Waals surface area contributed by atoms with Gasteiger partial charge in [-0.2, -0.15) is 11.8 Å².